The third kappa shape index (κ3) is 2.39. The zero-order chi connectivity index (χ0) is 14.4. The van der Waals surface area contributed by atoms with Crippen LogP contribution >= 0.6 is 24.0 Å². The Morgan fingerprint density at radius 2 is 1.82 bits per heavy atom. The molecule has 0 fully saturated rings. The number of nitrogens with one attached hydrogen (secondary N) is 2. The zero-order valence-corrected chi connectivity index (χ0v) is 13.3. The fraction of sp³-hybridized carbons (Fsp3) is 0.176. The maximum atomic E-state index is 13.2. The Bertz CT molecular complexity index is 825. The number of fused-ring (bicyclic) bond motifs is 3. The lowest BCUT2D eigenvalue weighted by molar-refractivity contribution is 0.628. The van der Waals surface area contributed by atoms with Crippen molar-refractivity contribution < 1.29 is 4.39 Å². The van der Waals surface area contributed by atoms with E-state index < -0.39 is 0 Å². The van der Waals surface area contributed by atoms with Gasteiger partial charge in [0.2, 0.25) is 0 Å². The predicted octanol–water partition coefficient (Wildman–Crippen LogP) is 4.69. The number of hydrogen-bond acceptors (Lipinski definition) is 1. The van der Waals surface area contributed by atoms with Crippen LogP contribution in [0.2, 0.25) is 5.02 Å². The van der Waals surface area contributed by atoms with Crippen LogP contribution in [0.3, 0.4) is 0 Å². The van der Waals surface area contributed by atoms with Gasteiger partial charge in [0, 0.05) is 30.6 Å². The van der Waals surface area contributed by atoms with Crippen LogP contribution < -0.4 is 5.32 Å². The topological polar surface area (TPSA) is 27.8 Å². The van der Waals surface area contributed by atoms with Gasteiger partial charge in [-0.15, -0.1) is 12.4 Å². The van der Waals surface area contributed by atoms with Crippen LogP contribution in [0, 0.1) is 5.82 Å². The van der Waals surface area contributed by atoms with Gasteiger partial charge in [0.25, 0.3) is 0 Å². The van der Waals surface area contributed by atoms with Gasteiger partial charge in [-0.1, -0.05) is 29.8 Å². The first-order chi connectivity index (χ1) is 10.2. The van der Waals surface area contributed by atoms with E-state index in [9.17, 15) is 4.39 Å². The van der Waals surface area contributed by atoms with Gasteiger partial charge in [0.15, 0.2) is 0 Å². The Kier molecular flexibility index (Phi) is 4.13. The van der Waals surface area contributed by atoms with Crippen molar-refractivity contribution in [1.29, 1.82) is 0 Å². The van der Waals surface area contributed by atoms with Crippen molar-refractivity contribution in [2.24, 2.45) is 0 Å². The van der Waals surface area contributed by atoms with Crippen molar-refractivity contribution in [3.8, 4) is 11.1 Å². The summed E-state index contributed by atoms with van der Waals surface area (Å²) in [6.45, 7) is 1.81. The van der Waals surface area contributed by atoms with Gasteiger partial charge in [-0.2, -0.15) is 0 Å². The van der Waals surface area contributed by atoms with Crippen LogP contribution in [0.4, 0.5) is 4.39 Å². The lowest BCUT2D eigenvalue weighted by Crippen LogP contribution is -2.22. The van der Waals surface area contributed by atoms with Crippen LogP contribution in [0.15, 0.2) is 36.4 Å². The number of H-pyrrole nitrogens is 1. The molecule has 0 bridgehead atoms. The molecule has 0 amide bonds. The minimum atomic E-state index is -0.221. The highest BCUT2D eigenvalue weighted by molar-refractivity contribution is 6.35. The van der Waals surface area contributed by atoms with Gasteiger partial charge in [-0.25, -0.2) is 4.39 Å². The lowest BCUT2D eigenvalue weighted by atomic mass is 9.97. The summed E-state index contributed by atoms with van der Waals surface area (Å²) in [6, 6.07) is 10.5. The molecule has 3 aromatic rings. The molecular weight excluding hydrogens is 322 g/mol. The number of aromatic nitrogens is 1. The molecule has 2 N–H and O–H groups in total. The first-order valence-corrected chi connectivity index (χ1v) is 7.40. The largest absolute Gasteiger partial charge is 0.357 e. The summed E-state index contributed by atoms with van der Waals surface area (Å²) < 4.78 is 13.2. The Morgan fingerprint density at radius 3 is 2.59 bits per heavy atom. The maximum Gasteiger partial charge on any atom is 0.123 e. The summed E-state index contributed by atoms with van der Waals surface area (Å²) in [5.74, 6) is -0.221. The fourth-order valence-electron chi connectivity index (χ4n) is 3.10. The van der Waals surface area contributed by atoms with Crippen molar-refractivity contribution in [3.63, 3.8) is 0 Å². The number of rotatable bonds is 1. The van der Waals surface area contributed by atoms with Crippen molar-refractivity contribution >= 4 is 34.9 Å². The van der Waals surface area contributed by atoms with Gasteiger partial charge >= 0.3 is 0 Å². The number of benzene rings is 2. The van der Waals surface area contributed by atoms with Crippen LogP contribution in [-0.2, 0) is 13.0 Å². The summed E-state index contributed by atoms with van der Waals surface area (Å²) in [5, 5.41) is 5.28. The van der Waals surface area contributed by atoms with E-state index in [0.29, 0.717) is 0 Å². The van der Waals surface area contributed by atoms with Crippen molar-refractivity contribution in [2.75, 3.05) is 6.54 Å². The van der Waals surface area contributed by atoms with Crippen LogP contribution in [-0.4, -0.2) is 11.5 Å². The summed E-state index contributed by atoms with van der Waals surface area (Å²) in [7, 11) is 0. The molecule has 0 unspecified atom stereocenters. The molecule has 1 aliphatic rings. The third-order valence-electron chi connectivity index (χ3n) is 4.11. The molecule has 2 heterocycles. The summed E-state index contributed by atoms with van der Waals surface area (Å²) >= 11 is 6.35. The monoisotopic (exact) mass is 336 g/mol. The zero-order valence-electron chi connectivity index (χ0n) is 11.7. The highest BCUT2D eigenvalue weighted by Crippen LogP contribution is 2.37. The SMILES string of the molecule is Cl.Fc1ccc(-c2ccc(Cl)c3[nH]c4c(c23)CNCC4)cc1. The summed E-state index contributed by atoms with van der Waals surface area (Å²) in [6.07, 6.45) is 0.975. The van der Waals surface area contributed by atoms with E-state index in [1.54, 1.807) is 0 Å². The van der Waals surface area contributed by atoms with Gasteiger partial charge in [-0.05, 0) is 34.9 Å². The first-order valence-electron chi connectivity index (χ1n) is 7.02. The normalized spacial score (nSPS) is 13.7. The first kappa shape index (κ1) is 15.3. The molecular formula is C17H15Cl2FN2. The van der Waals surface area contributed by atoms with Gasteiger partial charge in [-0.3, -0.25) is 0 Å². The molecule has 0 saturated heterocycles. The van der Waals surface area contributed by atoms with E-state index in [4.69, 9.17) is 11.6 Å². The number of hydrogen-bond donors (Lipinski definition) is 2. The van der Waals surface area contributed by atoms with Gasteiger partial charge in [0.05, 0.1) is 10.5 Å². The van der Waals surface area contributed by atoms with Gasteiger partial charge in [0.1, 0.15) is 5.82 Å². The number of halogens is 3. The fourth-order valence-corrected chi connectivity index (χ4v) is 3.30. The Hall–Kier alpha value is -1.55. The Balaban J connectivity index is 0.00000144. The second kappa shape index (κ2) is 5.92. The van der Waals surface area contributed by atoms with Crippen molar-refractivity contribution in [1.82, 2.24) is 10.3 Å². The van der Waals surface area contributed by atoms with Crippen molar-refractivity contribution in [2.45, 2.75) is 13.0 Å². The third-order valence-corrected chi connectivity index (χ3v) is 4.42. The van der Waals surface area contributed by atoms with E-state index in [2.05, 4.69) is 10.3 Å². The van der Waals surface area contributed by atoms with Crippen LogP contribution in [0.25, 0.3) is 22.0 Å². The van der Waals surface area contributed by atoms with E-state index >= 15 is 0 Å². The molecule has 0 aliphatic carbocycles. The Morgan fingerprint density at radius 1 is 1.05 bits per heavy atom. The second-order valence-electron chi connectivity index (χ2n) is 5.36. The highest BCUT2D eigenvalue weighted by Gasteiger charge is 2.19. The molecule has 5 heteroatoms. The molecule has 0 atom stereocenters. The molecule has 1 aliphatic heterocycles. The van der Waals surface area contributed by atoms with Crippen molar-refractivity contribution in [3.05, 3.63) is 58.5 Å². The minimum absolute atomic E-state index is 0. The van der Waals surface area contributed by atoms with Crippen LogP contribution in [0.5, 0.6) is 0 Å². The maximum absolute atomic E-state index is 13.2. The average molecular weight is 337 g/mol. The molecule has 22 heavy (non-hydrogen) atoms. The molecule has 0 saturated carbocycles. The minimum Gasteiger partial charge on any atom is -0.357 e. The van der Waals surface area contributed by atoms with Crippen LogP contribution in [0.1, 0.15) is 11.3 Å². The number of aromatic amines is 1. The highest BCUT2D eigenvalue weighted by atomic mass is 35.5. The van der Waals surface area contributed by atoms with E-state index in [0.717, 1.165) is 46.6 Å². The smallest absolute Gasteiger partial charge is 0.123 e. The average Bonchev–Trinajstić information content (AvgIpc) is 2.90. The van der Waals surface area contributed by atoms with E-state index in [1.807, 2.05) is 24.3 Å². The lowest BCUT2D eigenvalue weighted by Gasteiger charge is -2.14. The molecule has 114 valence electrons. The Labute approximate surface area is 139 Å². The molecule has 0 radical (unpaired) electrons. The standard InChI is InChI=1S/C17H14ClFN2.ClH/c18-14-6-5-12(10-1-3-11(19)4-2-10)16-13-9-20-8-7-15(13)21-17(14)16;/h1-6,20-21H,7-9H2;1H. The predicted molar refractivity (Wildman–Crippen MR) is 91.4 cm³/mol. The molecule has 2 nitrogen and oxygen atoms in total. The molecule has 1 aromatic heterocycles. The molecule has 2 aromatic carbocycles. The van der Waals surface area contributed by atoms with E-state index in [-0.39, 0.29) is 18.2 Å². The molecule has 4 rings (SSSR count). The van der Waals surface area contributed by atoms with Gasteiger partial charge < -0.3 is 10.3 Å². The quantitative estimate of drug-likeness (QED) is 0.662. The molecule has 0 spiro atoms. The summed E-state index contributed by atoms with van der Waals surface area (Å²) in [4.78, 5) is 3.46. The van der Waals surface area contributed by atoms with E-state index in [1.165, 1.54) is 23.4 Å². The summed E-state index contributed by atoms with van der Waals surface area (Å²) in [5.41, 5.74) is 5.60. The second-order valence-corrected chi connectivity index (χ2v) is 5.77.